The number of hydrogen-bond donors (Lipinski definition) is 2. The van der Waals surface area contributed by atoms with E-state index in [-0.39, 0.29) is 0 Å². The zero-order valence-electron chi connectivity index (χ0n) is 11.8. The van der Waals surface area contributed by atoms with Crippen LogP contribution >= 0.6 is 0 Å². The highest BCUT2D eigenvalue weighted by Crippen LogP contribution is 2.43. The first-order valence-corrected chi connectivity index (χ1v) is 8.59. The van der Waals surface area contributed by atoms with E-state index in [1.54, 1.807) is 25.7 Å². The van der Waals surface area contributed by atoms with Gasteiger partial charge in [-0.2, -0.15) is 0 Å². The standard InChI is InChI=1S/C16H28N2/c1-2-4-15(3-1)17-7-9-18(10-8-17)16-12-13-5-6-14(16)11-13/h13-16H,1-12H2/p+2/t13-,14-,16+/m0/s1. The minimum absolute atomic E-state index is 1.05. The van der Waals surface area contributed by atoms with Crippen LogP contribution in [-0.2, 0) is 0 Å². The molecule has 2 bridgehead atoms. The highest BCUT2D eigenvalue weighted by atomic mass is 15.3. The number of fused-ring (bicyclic) bond motifs is 2. The minimum atomic E-state index is 1.05. The molecular weight excluding hydrogens is 220 g/mol. The fourth-order valence-corrected chi connectivity index (χ4v) is 5.75. The van der Waals surface area contributed by atoms with E-state index in [1.807, 2.05) is 9.80 Å². The number of quaternary nitrogens is 2. The number of hydrogen-bond acceptors (Lipinski definition) is 0. The van der Waals surface area contributed by atoms with E-state index in [4.69, 9.17) is 0 Å². The van der Waals surface area contributed by atoms with Gasteiger partial charge in [0.05, 0.1) is 12.1 Å². The highest BCUT2D eigenvalue weighted by Gasteiger charge is 2.46. The van der Waals surface area contributed by atoms with Crippen LogP contribution in [0.3, 0.4) is 0 Å². The van der Waals surface area contributed by atoms with Gasteiger partial charge in [-0.15, -0.1) is 0 Å². The molecule has 2 N–H and O–H groups in total. The molecule has 102 valence electrons. The van der Waals surface area contributed by atoms with Crippen LogP contribution in [-0.4, -0.2) is 38.3 Å². The molecule has 2 nitrogen and oxygen atoms in total. The second kappa shape index (κ2) is 4.79. The molecule has 0 aromatic heterocycles. The zero-order chi connectivity index (χ0) is 11.9. The molecule has 3 saturated carbocycles. The first-order chi connectivity index (χ1) is 8.90. The normalized spacial score (nSPS) is 49.0. The summed E-state index contributed by atoms with van der Waals surface area (Å²) in [5, 5.41) is 0. The molecule has 4 rings (SSSR count). The Hall–Kier alpha value is -0.0800. The molecule has 0 amide bonds. The first-order valence-electron chi connectivity index (χ1n) is 8.59. The van der Waals surface area contributed by atoms with Crippen LogP contribution < -0.4 is 9.80 Å². The lowest BCUT2D eigenvalue weighted by Crippen LogP contribution is -3.31. The molecule has 0 spiro atoms. The molecule has 1 aliphatic heterocycles. The second-order valence-corrected chi connectivity index (χ2v) is 7.58. The van der Waals surface area contributed by atoms with Crippen molar-refractivity contribution in [3.63, 3.8) is 0 Å². The van der Waals surface area contributed by atoms with Crippen molar-refractivity contribution in [1.29, 1.82) is 0 Å². The molecule has 0 aromatic carbocycles. The van der Waals surface area contributed by atoms with Crippen molar-refractivity contribution in [3.05, 3.63) is 0 Å². The molecule has 18 heavy (non-hydrogen) atoms. The van der Waals surface area contributed by atoms with E-state index in [0.717, 1.165) is 23.9 Å². The summed E-state index contributed by atoms with van der Waals surface area (Å²) in [7, 11) is 0. The minimum Gasteiger partial charge on any atom is -0.323 e. The van der Waals surface area contributed by atoms with Gasteiger partial charge in [0.1, 0.15) is 26.2 Å². The van der Waals surface area contributed by atoms with Crippen molar-refractivity contribution in [2.24, 2.45) is 11.8 Å². The summed E-state index contributed by atoms with van der Waals surface area (Å²) in [4.78, 5) is 3.98. The molecule has 2 heteroatoms. The van der Waals surface area contributed by atoms with Gasteiger partial charge in [-0.05, 0) is 50.9 Å². The van der Waals surface area contributed by atoms with E-state index < -0.39 is 0 Å². The summed E-state index contributed by atoms with van der Waals surface area (Å²) in [5.74, 6) is 2.26. The van der Waals surface area contributed by atoms with E-state index in [0.29, 0.717) is 0 Å². The van der Waals surface area contributed by atoms with Gasteiger partial charge in [0.15, 0.2) is 0 Å². The molecule has 0 aromatic rings. The molecule has 3 aliphatic carbocycles. The Balaban J connectivity index is 1.32. The lowest BCUT2D eigenvalue weighted by molar-refractivity contribution is -1.03. The molecule has 4 aliphatic rings. The fraction of sp³-hybridized carbons (Fsp3) is 1.00. The fourth-order valence-electron chi connectivity index (χ4n) is 5.75. The van der Waals surface area contributed by atoms with E-state index in [9.17, 15) is 0 Å². The number of piperazine rings is 1. The van der Waals surface area contributed by atoms with Crippen molar-refractivity contribution < 1.29 is 9.80 Å². The van der Waals surface area contributed by atoms with E-state index in [2.05, 4.69) is 0 Å². The van der Waals surface area contributed by atoms with Gasteiger partial charge in [-0.3, -0.25) is 0 Å². The summed E-state index contributed by atoms with van der Waals surface area (Å²) in [5.41, 5.74) is 0. The van der Waals surface area contributed by atoms with E-state index in [1.165, 1.54) is 51.9 Å². The molecule has 0 unspecified atom stereocenters. The summed E-state index contributed by atoms with van der Waals surface area (Å²) in [6.45, 7) is 5.93. The molecule has 3 atom stereocenters. The maximum Gasteiger partial charge on any atom is 0.127 e. The van der Waals surface area contributed by atoms with Gasteiger partial charge in [-0.25, -0.2) is 0 Å². The van der Waals surface area contributed by atoms with Crippen molar-refractivity contribution >= 4 is 0 Å². The third-order valence-corrected chi connectivity index (χ3v) is 6.73. The quantitative estimate of drug-likeness (QED) is 0.677. The van der Waals surface area contributed by atoms with Crippen LogP contribution in [0.1, 0.15) is 51.4 Å². The van der Waals surface area contributed by atoms with Gasteiger partial charge >= 0.3 is 0 Å². The average Bonchev–Trinajstić information content (AvgIpc) is 3.16. The predicted molar refractivity (Wildman–Crippen MR) is 72.9 cm³/mol. The monoisotopic (exact) mass is 250 g/mol. The van der Waals surface area contributed by atoms with Crippen LogP contribution in [0.4, 0.5) is 0 Å². The van der Waals surface area contributed by atoms with Gasteiger partial charge in [0.25, 0.3) is 0 Å². The lowest BCUT2D eigenvalue weighted by Gasteiger charge is -2.38. The van der Waals surface area contributed by atoms with Crippen LogP contribution in [0.2, 0.25) is 0 Å². The van der Waals surface area contributed by atoms with Crippen LogP contribution in [0, 0.1) is 11.8 Å². The van der Waals surface area contributed by atoms with Crippen molar-refractivity contribution in [1.82, 2.24) is 0 Å². The van der Waals surface area contributed by atoms with E-state index >= 15 is 0 Å². The maximum atomic E-state index is 2.00. The molecule has 1 saturated heterocycles. The molecule has 1 heterocycles. The molecule has 0 radical (unpaired) electrons. The Morgan fingerprint density at radius 1 is 0.667 bits per heavy atom. The maximum absolute atomic E-state index is 2.00. The highest BCUT2D eigenvalue weighted by molar-refractivity contribution is 4.90. The third-order valence-electron chi connectivity index (χ3n) is 6.73. The molecule has 4 fully saturated rings. The average molecular weight is 250 g/mol. The largest absolute Gasteiger partial charge is 0.323 e. The third kappa shape index (κ3) is 2.02. The summed E-state index contributed by atoms with van der Waals surface area (Å²) >= 11 is 0. The van der Waals surface area contributed by atoms with Gasteiger partial charge in [-0.1, -0.05) is 0 Å². The number of nitrogens with one attached hydrogen (secondary N) is 2. The second-order valence-electron chi connectivity index (χ2n) is 7.58. The van der Waals surface area contributed by atoms with Crippen LogP contribution in [0.15, 0.2) is 0 Å². The smallest absolute Gasteiger partial charge is 0.127 e. The zero-order valence-corrected chi connectivity index (χ0v) is 11.8. The van der Waals surface area contributed by atoms with Crippen molar-refractivity contribution in [2.45, 2.75) is 63.5 Å². The summed E-state index contributed by atoms with van der Waals surface area (Å²) in [6, 6.07) is 2.13. The van der Waals surface area contributed by atoms with Gasteiger partial charge < -0.3 is 9.80 Å². The van der Waals surface area contributed by atoms with Gasteiger partial charge in [0.2, 0.25) is 0 Å². The van der Waals surface area contributed by atoms with Crippen molar-refractivity contribution in [3.8, 4) is 0 Å². The topological polar surface area (TPSA) is 8.88 Å². The Labute approximate surface area is 112 Å². The first kappa shape index (κ1) is 11.7. The SMILES string of the molecule is C1CCC([NH+]2CC[NH+]([C@@H]3C[C@H]4CC[C@H]3C4)CC2)C1. The lowest BCUT2D eigenvalue weighted by atomic mass is 9.93. The van der Waals surface area contributed by atoms with Crippen LogP contribution in [0.25, 0.3) is 0 Å². The summed E-state index contributed by atoms with van der Waals surface area (Å²) < 4.78 is 0. The van der Waals surface area contributed by atoms with Crippen molar-refractivity contribution in [2.75, 3.05) is 26.2 Å². The molecular formula is C16H30N2+2. The van der Waals surface area contributed by atoms with Crippen LogP contribution in [0.5, 0.6) is 0 Å². The Kier molecular flexibility index (Phi) is 3.12. The Morgan fingerprint density at radius 3 is 2.00 bits per heavy atom. The Bertz CT molecular complexity index is 289. The Morgan fingerprint density at radius 2 is 1.39 bits per heavy atom. The number of rotatable bonds is 2. The van der Waals surface area contributed by atoms with Gasteiger partial charge in [0, 0.05) is 12.3 Å². The predicted octanol–water partition coefficient (Wildman–Crippen LogP) is -0.0990. The summed E-state index contributed by atoms with van der Waals surface area (Å²) in [6.07, 6.45) is 12.4.